The van der Waals surface area contributed by atoms with Gasteiger partial charge in [0, 0.05) is 14.5 Å². The van der Waals surface area contributed by atoms with Gasteiger partial charge in [0.2, 0.25) is 0 Å². The van der Waals surface area contributed by atoms with E-state index in [9.17, 15) is 4.39 Å². The Hall–Kier alpha value is -0.620. The smallest absolute Gasteiger partial charge is 0.165 e. The molecule has 0 saturated carbocycles. The first kappa shape index (κ1) is 13.8. The Balaban J connectivity index is 2.12. The Labute approximate surface area is 128 Å². The van der Waals surface area contributed by atoms with Crippen molar-refractivity contribution in [1.82, 2.24) is 0 Å². The van der Waals surface area contributed by atoms with Crippen LogP contribution in [-0.2, 0) is 11.9 Å². The molecule has 0 amide bonds. The summed E-state index contributed by atoms with van der Waals surface area (Å²) in [5.74, 6) is 0.00499. The molecular weight excluding hydrogens is 410 g/mol. The van der Waals surface area contributed by atoms with Gasteiger partial charge in [-0.05, 0) is 46.4 Å². The van der Waals surface area contributed by atoms with Crippen molar-refractivity contribution in [3.8, 4) is 5.75 Å². The average Bonchev–Trinajstić information content (AvgIpc) is 2.39. The minimum atomic E-state index is -0.322. The second-order valence-corrected chi connectivity index (χ2v) is 5.58. The van der Waals surface area contributed by atoms with Crippen LogP contribution < -0.4 is 4.74 Å². The molecule has 0 N–H and O–H groups in total. The van der Waals surface area contributed by atoms with Gasteiger partial charge in [0.05, 0.1) is 0 Å². The summed E-state index contributed by atoms with van der Waals surface area (Å²) < 4.78 is 20.4. The first-order valence-electron chi connectivity index (χ1n) is 5.41. The highest BCUT2D eigenvalue weighted by Crippen LogP contribution is 2.25. The van der Waals surface area contributed by atoms with Gasteiger partial charge in [-0.1, -0.05) is 40.2 Å². The van der Waals surface area contributed by atoms with E-state index in [4.69, 9.17) is 4.74 Å². The topological polar surface area (TPSA) is 9.23 Å². The fourth-order valence-corrected chi connectivity index (χ4v) is 2.36. The standard InChI is InChI=1S/C14H11BrFIO/c15-8-11-2-1-3-13(16)14(11)18-9-10-4-6-12(17)7-5-10/h1-7H,8-9H2. The third-order valence-corrected chi connectivity index (χ3v) is 3.81. The molecule has 0 aliphatic rings. The van der Waals surface area contributed by atoms with Crippen LogP contribution in [0.5, 0.6) is 5.75 Å². The van der Waals surface area contributed by atoms with Crippen LogP contribution in [0.1, 0.15) is 11.1 Å². The number of halogens is 3. The second kappa shape index (κ2) is 6.52. The lowest BCUT2D eigenvalue weighted by atomic mass is 10.2. The molecule has 0 radical (unpaired) electrons. The Morgan fingerprint density at radius 2 is 1.83 bits per heavy atom. The second-order valence-electron chi connectivity index (χ2n) is 3.78. The summed E-state index contributed by atoms with van der Waals surface area (Å²) in [4.78, 5) is 0. The van der Waals surface area contributed by atoms with Crippen LogP contribution in [0.2, 0.25) is 0 Å². The van der Waals surface area contributed by atoms with E-state index < -0.39 is 0 Å². The van der Waals surface area contributed by atoms with Crippen molar-refractivity contribution in [2.45, 2.75) is 11.9 Å². The lowest BCUT2D eigenvalue weighted by molar-refractivity contribution is 0.288. The van der Waals surface area contributed by atoms with Gasteiger partial charge in [0.1, 0.15) is 6.61 Å². The molecule has 0 unspecified atom stereocenters. The molecule has 0 aliphatic heterocycles. The van der Waals surface area contributed by atoms with Crippen molar-refractivity contribution in [3.63, 3.8) is 0 Å². The maximum Gasteiger partial charge on any atom is 0.165 e. The minimum Gasteiger partial charge on any atom is -0.486 e. The van der Waals surface area contributed by atoms with Crippen LogP contribution >= 0.6 is 38.5 Å². The van der Waals surface area contributed by atoms with Gasteiger partial charge < -0.3 is 4.74 Å². The molecule has 2 aromatic rings. The molecule has 0 aliphatic carbocycles. The Morgan fingerprint density at radius 1 is 1.11 bits per heavy atom. The summed E-state index contributed by atoms with van der Waals surface area (Å²) in [5.41, 5.74) is 1.85. The predicted molar refractivity (Wildman–Crippen MR) is 82.5 cm³/mol. The molecule has 2 aromatic carbocycles. The number of benzene rings is 2. The number of rotatable bonds is 4. The van der Waals surface area contributed by atoms with E-state index in [0.29, 0.717) is 17.7 Å². The van der Waals surface area contributed by atoms with Crippen molar-refractivity contribution >= 4 is 38.5 Å². The SMILES string of the molecule is Fc1cccc(CBr)c1OCc1ccc(I)cc1. The summed E-state index contributed by atoms with van der Waals surface area (Å²) in [7, 11) is 0. The third kappa shape index (κ3) is 3.45. The lowest BCUT2D eigenvalue weighted by Gasteiger charge is -2.11. The summed E-state index contributed by atoms with van der Waals surface area (Å²) in [5, 5.41) is 0.576. The van der Waals surface area contributed by atoms with Gasteiger partial charge in [-0.3, -0.25) is 0 Å². The minimum absolute atomic E-state index is 0.322. The molecule has 94 valence electrons. The molecule has 0 atom stereocenters. The van der Waals surface area contributed by atoms with E-state index in [1.165, 1.54) is 9.64 Å². The van der Waals surface area contributed by atoms with Crippen LogP contribution in [0.15, 0.2) is 42.5 Å². The van der Waals surface area contributed by atoms with Crippen molar-refractivity contribution < 1.29 is 9.13 Å². The highest BCUT2D eigenvalue weighted by molar-refractivity contribution is 14.1. The zero-order valence-electron chi connectivity index (χ0n) is 9.50. The van der Waals surface area contributed by atoms with E-state index in [0.717, 1.165) is 11.1 Å². The van der Waals surface area contributed by atoms with Gasteiger partial charge in [-0.2, -0.15) is 0 Å². The van der Waals surface area contributed by atoms with Crippen molar-refractivity contribution in [2.24, 2.45) is 0 Å². The van der Waals surface area contributed by atoms with Gasteiger partial charge in [-0.25, -0.2) is 4.39 Å². The molecule has 0 heterocycles. The molecule has 0 spiro atoms. The molecular formula is C14H11BrFIO. The summed E-state index contributed by atoms with van der Waals surface area (Å²) >= 11 is 5.58. The quantitative estimate of drug-likeness (QED) is 0.504. The largest absolute Gasteiger partial charge is 0.486 e. The number of para-hydroxylation sites is 1. The van der Waals surface area contributed by atoms with Gasteiger partial charge in [0.25, 0.3) is 0 Å². The first-order chi connectivity index (χ1) is 8.70. The van der Waals surface area contributed by atoms with Crippen LogP contribution in [-0.4, -0.2) is 0 Å². The summed E-state index contributed by atoms with van der Waals surface area (Å²) in [6, 6.07) is 12.9. The average molecular weight is 421 g/mol. The molecule has 1 nitrogen and oxygen atoms in total. The van der Waals surface area contributed by atoms with Crippen LogP contribution in [0.4, 0.5) is 4.39 Å². The van der Waals surface area contributed by atoms with Crippen molar-refractivity contribution in [1.29, 1.82) is 0 Å². The molecule has 0 saturated heterocycles. The Bertz CT molecular complexity index is 528. The number of ether oxygens (including phenoxy) is 1. The van der Waals surface area contributed by atoms with Crippen molar-refractivity contribution in [2.75, 3.05) is 0 Å². The molecule has 4 heteroatoms. The lowest BCUT2D eigenvalue weighted by Crippen LogP contribution is -2.00. The zero-order chi connectivity index (χ0) is 13.0. The molecule has 18 heavy (non-hydrogen) atoms. The highest BCUT2D eigenvalue weighted by Gasteiger charge is 2.08. The van der Waals surface area contributed by atoms with Crippen LogP contribution in [0.25, 0.3) is 0 Å². The van der Waals surface area contributed by atoms with Crippen LogP contribution in [0.3, 0.4) is 0 Å². The normalized spacial score (nSPS) is 10.4. The fourth-order valence-electron chi connectivity index (χ4n) is 1.56. The molecule has 2 rings (SSSR count). The summed E-state index contributed by atoms with van der Waals surface area (Å²) in [6.45, 7) is 0.373. The first-order valence-corrected chi connectivity index (χ1v) is 7.61. The molecule has 0 bridgehead atoms. The Kier molecular flexibility index (Phi) is 5.00. The summed E-state index contributed by atoms with van der Waals surface area (Å²) in [6.07, 6.45) is 0. The molecule has 0 fully saturated rings. The monoisotopic (exact) mass is 420 g/mol. The van der Waals surface area contributed by atoms with Gasteiger partial charge in [0.15, 0.2) is 11.6 Å². The van der Waals surface area contributed by atoms with E-state index in [2.05, 4.69) is 38.5 Å². The van der Waals surface area contributed by atoms with Gasteiger partial charge in [-0.15, -0.1) is 0 Å². The predicted octanol–water partition coefficient (Wildman–Crippen LogP) is 4.90. The Morgan fingerprint density at radius 3 is 2.50 bits per heavy atom. The van der Waals surface area contributed by atoms with Gasteiger partial charge >= 0.3 is 0 Å². The number of hydrogen-bond donors (Lipinski definition) is 0. The van der Waals surface area contributed by atoms with E-state index in [-0.39, 0.29) is 5.82 Å². The van der Waals surface area contributed by atoms with Crippen LogP contribution in [0, 0.1) is 9.39 Å². The molecule has 0 aromatic heterocycles. The van der Waals surface area contributed by atoms with E-state index in [1.54, 1.807) is 6.07 Å². The zero-order valence-corrected chi connectivity index (χ0v) is 13.2. The highest BCUT2D eigenvalue weighted by atomic mass is 127. The maximum absolute atomic E-state index is 13.7. The van der Waals surface area contributed by atoms with Crippen molar-refractivity contribution in [3.05, 3.63) is 63.0 Å². The number of hydrogen-bond acceptors (Lipinski definition) is 1. The third-order valence-electron chi connectivity index (χ3n) is 2.49. The van der Waals surface area contributed by atoms with E-state index in [1.807, 2.05) is 30.3 Å². The van der Waals surface area contributed by atoms with E-state index >= 15 is 0 Å². The number of alkyl halides is 1. The maximum atomic E-state index is 13.7. The fraction of sp³-hybridized carbons (Fsp3) is 0.143.